The number of carbonyl (C=O) groups excluding carboxylic acids is 1. The van der Waals surface area contributed by atoms with E-state index in [9.17, 15) is 4.79 Å². The predicted molar refractivity (Wildman–Crippen MR) is 90.4 cm³/mol. The summed E-state index contributed by atoms with van der Waals surface area (Å²) in [5.74, 6) is 0.752. The molecule has 2 aromatic carbocycles. The Balaban J connectivity index is 2.04. The molecule has 0 N–H and O–H groups in total. The minimum absolute atomic E-state index is 0.0112. The number of benzene rings is 2. The van der Waals surface area contributed by atoms with Gasteiger partial charge < -0.3 is 9.64 Å². The molecule has 2 rings (SSSR count). The van der Waals surface area contributed by atoms with Crippen LogP contribution in [0.5, 0.6) is 5.75 Å². The van der Waals surface area contributed by atoms with Crippen LogP contribution < -0.4 is 9.64 Å². The molecule has 116 valence electrons. The van der Waals surface area contributed by atoms with Crippen LogP contribution in [-0.2, 0) is 4.79 Å². The van der Waals surface area contributed by atoms with E-state index in [1.165, 1.54) is 0 Å². The largest absolute Gasteiger partial charge is 0.483 e. The molecule has 0 heterocycles. The molecule has 0 radical (unpaired) electrons. The van der Waals surface area contributed by atoms with E-state index >= 15 is 0 Å². The highest BCUT2D eigenvalue weighted by atomic mass is 16.5. The van der Waals surface area contributed by atoms with E-state index in [-0.39, 0.29) is 12.5 Å². The van der Waals surface area contributed by atoms with Crippen molar-refractivity contribution < 1.29 is 9.53 Å². The van der Waals surface area contributed by atoms with Gasteiger partial charge in [-0.1, -0.05) is 49.7 Å². The molecule has 0 aliphatic carbocycles. The highest BCUT2D eigenvalue weighted by molar-refractivity contribution is 5.94. The van der Waals surface area contributed by atoms with Crippen molar-refractivity contribution in [2.24, 2.45) is 0 Å². The van der Waals surface area contributed by atoms with Gasteiger partial charge >= 0.3 is 0 Å². The maximum absolute atomic E-state index is 12.5. The summed E-state index contributed by atoms with van der Waals surface area (Å²) in [6, 6.07) is 17.5. The SMILES string of the molecule is CCCCN(C(=O)COc1ccccc1C)c1ccccc1. The molecule has 0 aliphatic heterocycles. The van der Waals surface area contributed by atoms with Gasteiger partial charge in [-0.25, -0.2) is 0 Å². The predicted octanol–water partition coefficient (Wildman–Crippen LogP) is 4.21. The molecule has 2 aromatic rings. The number of rotatable bonds is 7. The molecule has 3 heteroatoms. The van der Waals surface area contributed by atoms with Crippen LogP contribution in [0.3, 0.4) is 0 Å². The molecule has 0 spiro atoms. The molecule has 0 unspecified atom stereocenters. The van der Waals surface area contributed by atoms with Crippen molar-refractivity contribution >= 4 is 11.6 Å². The van der Waals surface area contributed by atoms with Gasteiger partial charge in [-0.15, -0.1) is 0 Å². The standard InChI is InChI=1S/C19H23NO2/c1-3-4-14-20(17-11-6-5-7-12-17)19(21)15-22-18-13-9-8-10-16(18)2/h5-13H,3-4,14-15H2,1-2H3. The Labute approximate surface area is 132 Å². The molecule has 3 nitrogen and oxygen atoms in total. The van der Waals surface area contributed by atoms with Crippen molar-refractivity contribution in [3.8, 4) is 5.75 Å². The first-order chi connectivity index (χ1) is 10.7. The smallest absolute Gasteiger partial charge is 0.264 e. The monoisotopic (exact) mass is 297 g/mol. The van der Waals surface area contributed by atoms with E-state index in [1.54, 1.807) is 0 Å². The first-order valence-corrected chi connectivity index (χ1v) is 7.76. The second-order valence-corrected chi connectivity index (χ2v) is 5.29. The first kappa shape index (κ1) is 16.1. The van der Waals surface area contributed by atoms with Crippen molar-refractivity contribution in [2.45, 2.75) is 26.7 Å². The molecular formula is C19H23NO2. The summed E-state index contributed by atoms with van der Waals surface area (Å²) in [6.07, 6.45) is 2.03. The number of hydrogen-bond donors (Lipinski definition) is 0. The summed E-state index contributed by atoms with van der Waals surface area (Å²) in [7, 11) is 0. The summed E-state index contributed by atoms with van der Waals surface area (Å²) in [4.78, 5) is 14.3. The number of ether oxygens (including phenoxy) is 1. The topological polar surface area (TPSA) is 29.5 Å². The van der Waals surface area contributed by atoms with Crippen molar-refractivity contribution in [3.05, 3.63) is 60.2 Å². The van der Waals surface area contributed by atoms with E-state index in [4.69, 9.17) is 4.74 Å². The third-order valence-corrected chi connectivity index (χ3v) is 3.55. The average Bonchev–Trinajstić information content (AvgIpc) is 2.55. The van der Waals surface area contributed by atoms with Gasteiger partial charge in [0.1, 0.15) is 5.75 Å². The second-order valence-electron chi connectivity index (χ2n) is 5.29. The lowest BCUT2D eigenvalue weighted by molar-refractivity contribution is -0.120. The van der Waals surface area contributed by atoms with Gasteiger partial charge in [0.25, 0.3) is 5.91 Å². The minimum Gasteiger partial charge on any atom is -0.483 e. The number of para-hydroxylation sites is 2. The van der Waals surface area contributed by atoms with Gasteiger partial charge in [0.05, 0.1) is 0 Å². The number of hydrogen-bond acceptors (Lipinski definition) is 2. The molecule has 0 aliphatic rings. The van der Waals surface area contributed by atoms with Crippen LogP contribution in [-0.4, -0.2) is 19.1 Å². The fourth-order valence-corrected chi connectivity index (χ4v) is 2.26. The van der Waals surface area contributed by atoms with Crippen LogP contribution in [0, 0.1) is 6.92 Å². The summed E-state index contributed by atoms with van der Waals surface area (Å²) < 4.78 is 5.69. The third-order valence-electron chi connectivity index (χ3n) is 3.55. The molecule has 0 fully saturated rings. The Kier molecular flexibility index (Phi) is 6.01. The van der Waals surface area contributed by atoms with Crippen molar-refractivity contribution in [3.63, 3.8) is 0 Å². The zero-order valence-corrected chi connectivity index (χ0v) is 13.3. The van der Waals surface area contributed by atoms with E-state index in [1.807, 2.05) is 66.4 Å². The maximum atomic E-state index is 12.5. The van der Waals surface area contributed by atoms with Crippen LogP contribution >= 0.6 is 0 Å². The fraction of sp³-hybridized carbons (Fsp3) is 0.316. The highest BCUT2D eigenvalue weighted by Crippen LogP contribution is 2.18. The zero-order valence-electron chi connectivity index (χ0n) is 13.3. The third kappa shape index (κ3) is 4.35. The van der Waals surface area contributed by atoms with Gasteiger partial charge in [0.15, 0.2) is 6.61 Å². The fourth-order valence-electron chi connectivity index (χ4n) is 2.26. The average molecular weight is 297 g/mol. The summed E-state index contributed by atoms with van der Waals surface area (Å²) in [5.41, 5.74) is 1.96. The normalized spacial score (nSPS) is 10.3. The lowest BCUT2D eigenvalue weighted by Gasteiger charge is -2.23. The van der Waals surface area contributed by atoms with Crippen LogP contribution in [0.4, 0.5) is 5.69 Å². The number of anilines is 1. The zero-order chi connectivity index (χ0) is 15.8. The number of aryl methyl sites for hydroxylation is 1. The Morgan fingerprint density at radius 1 is 1.05 bits per heavy atom. The van der Waals surface area contributed by atoms with Gasteiger partial charge in [-0.05, 0) is 37.1 Å². The van der Waals surface area contributed by atoms with Crippen LogP contribution in [0.15, 0.2) is 54.6 Å². The molecule has 0 atom stereocenters. The van der Waals surface area contributed by atoms with E-state index in [0.717, 1.165) is 36.4 Å². The van der Waals surface area contributed by atoms with Gasteiger partial charge in [0, 0.05) is 12.2 Å². The lowest BCUT2D eigenvalue weighted by atomic mass is 10.2. The van der Waals surface area contributed by atoms with Crippen LogP contribution in [0.25, 0.3) is 0 Å². The molecule has 0 bridgehead atoms. The Bertz CT molecular complexity index is 595. The van der Waals surface area contributed by atoms with E-state index < -0.39 is 0 Å². The lowest BCUT2D eigenvalue weighted by Crippen LogP contribution is -2.35. The molecule has 0 saturated carbocycles. The first-order valence-electron chi connectivity index (χ1n) is 7.76. The number of carbonyl (C=O) groups is 1. The Morgan fingerprint density at radius 3 is 2.41 bits per heavy atom. The van der Waals surface area contributed by atoms with Gasteiger partial charge in [-0.3, -0.25) is 4.79 Å². The van der Waals surface area contributed by atoms with E-state index in [0.29, 0.717) is 0 Å². The summed E-state index contributed by atoms with van der Waals surface area (Å²) in [5, 5.41) is 0. The number of amides is 1. The molecule has 0 saturated heterocycles. The Hall–Kier alpha value is -2.29. The molecular weight excluding hydrogens is 274 g/mol. The Morgan fingerprint density at radius 2 is 1.73 bits per heavy atom. The van der Waals surface area contributed by atoms with Gasteiger partial charge in [0.2, 0.25) is 0 Å². The van der Waals surface area contributed by atoms with Crippen molar-refractivity contribution in [1.29, 1.82) is 0 Å². The van der Waals surface area contributed by atoms with Gasteiger partial charge in [-0.2, -0.15) is 0 Å². The summed E-state index contributed by atoms with van der Waals surface area (Å²) in [6.45, 7) is 4.88. The minimum atomic E-state index is -0.0112. The van der Waals surface area contributed by atoms with Crippen molar-refractivity contribution in [1.82, 2.24) is 0 Å². The molecule has 1 amide bonds. The molecule has 22 heavy (non-hydrogen) atoms. The number of nitrogens with zero attached hydrogens (tertiary/aromatic N) is 1. The van der Waals surface area contributed by atoms with Crippen LogP contribution in [0.2, 0.25) is 0 Å². The summed E-state index contributed by atoms with van der Waals surface area (Å²) >= 11 is 0. The second kappa shape index (κ2) is 8.23. The molecule has 0 aromatic heterocycles. The van der Waals surface area contributed by atoms with E-state index in [2.05, 4.69) is 6.92 Å². The quantitative estimate of drug-likeness (QED) is 0.766. The van der Waals surface area contributed by atoms with Crippen molar-refractivity contribution in [2.75, 3.05) is 18.1 Å². The maximum Gasteiger partial charge on any atom is 0.264 e. The number of unbranched alkanes of at least 4 members (excludes halogenated alkanes) is 1. The highest BCUT2D eigenvalue weighted by Gasteiger charge is 2.16. The van der Waals surface area contributed by atoms with Crippen LogP contribution in [0.1, 0.15) is 25.3 Å².